The second-order valence-corrected chi connectivity index (χ2v) is 9.81. The summed E-state index contributed by atoms with van der Waals surface area (Å²) in [5, 5.41) is 4.35. The Hall–Kier alpha value is -4.79. The molecule has 0 aliphatic carbocycles. The molecule has 0 N–H and O–H groups in total. The van der Waals surface area contributed by atoms with Crippen LogP contribution < -0.4 is 15.2 Å². The van der Waals surface area contributed by atoms with Crippen LogP contribution in [0.25, 0.3) is 11.2 Å². The van der Waals surface area contributed by atoms with E-state index in [4.69, 9.17) is 4.74 Å². The van der Waals surface area contributed by atoms with Gasteiger partial charge in [0.1, 0.15) is 11.3 Å². The van der Waals surface area contributed by atoms with Crippen molar-refractivity contribution in [3.05, 3.63) is 118 Å². The van der Waals surface area contributed by atoms with E-state index in [0.29, 0.717) is 22.5 Å². The van der Waals surface area contributed by atoms with Gasteiger partial charge in [-0.3, -0.25) is 14.2 Å². The Morgan fingerprint density at radius 1 is 0.900 bits per heavy atom. The molecule has 0 atom stereocenters. The maximum atomic E-state index is 15.2. The highest BCUT2D eigenvalue weighted by Crippen LogP contribution is 2.33. The number of ether oxygens (including phenoxy) is 1. The van der Waals surface area contributed by atoms with E-state index in [1.54, 1.807) is 28.9 Å². The zero-order chi connectivity index (χ0) is 27.6. The molecular formula is C31H26F2N4O3. The molecule has 1 fully saturated rings. The third kappa shape index (κ3) is 5.10. The van der Waals surface area contributed by atoms with Gasteiger partial charge in [0.2, 0.25) is 0 Å². The normalized spacial score (nSPS) is 13.5. The third-order valence-corrected chi connectivity index (χ3v) is 7.11. The summed E-state index contributed by atoms with van der Waals surface area (Å²) in [5.41, 5.74) is 1.94. The molecule has 6 rings (SSSR count). The number of nitrogens with zero attached hydrogens (tertiary/aromatic N) is 4. The molecule has 0 saturated carbocycles. The van der Waals surface area contributed by atoms with Gasteiger partial charge in [0, 0.05) is 37.5 Å². The fourth-order valence-corrected chi connectivity index (χ4v) is 5.04. The Morgan fingerprint density at radius 3 is 2.48 bits per heavy atom. The molecule has 2 aromatic carbocycles. The Bertz CT molecular complexity index is 1760. The van der Waals surface area contributed by atoms with Gasteiger partial charge in [-0.15, -0.1) is 0 Å². The molecule has 40 heavy (non-hydrogen) atoms. The molecule has 0 unspecified atom stereocenters. The van der Waals surface area contributed by atoms with E-state index >= 15 is 4.39 Å². The molecule has 0 spiro atoms. The number of fused-ring (bicyclic) bond motifs is 1. The van der Waals surface area contributed by atoms with E-state index in [2.05, 4.69) is 10.00 Å². The average Bonchev–Trinajstić information content (AvgIpc) is 3.45. The number of halogens is 2. The number of hydrogen-bond donors (Lipinski definition) is 0. The van der Waals surface area contributed by atoms with Crippen molar-refractivity contribution in [2.24, 2.45) is 0 Å². The molecule has 202 valence electrons. The first-order valence-electron chi connectivity index (χ1n) is 13.2. The number of ketones is 1. The lowest BCUT2D eigenvalue weighted by molar-refractivity contribution is 0.0991. The quantitative estimate of drug-likeness (QED) is 0.238. The zero-order valence-electron chi connectivity index (χ0n) is 21.6. The molecule has 0 amide bonds. The monoisotopic (exact) mass is 540 g/mol. The van der Waals surface area contributed by atoms with Crippen LogP contribution in [-0.4, -0.2) is 33.1 Å². The van der Waals surface area contributed by atoms with Crippen LogP contribution in [0, 0.1) is 11.6 Å². The zero-order valence-corrected chi connectivity index (χ0v) is 21.6. The lowest BCUT2D eigenvalue weighted by Gasteiger charge is -2.29. The van der Waals surface area contributed by atoms with Crippen molar-refractivity contribution in [3.8, 4) is 17.2 Å². The van der Waals surface area contributed by atoms with Crippen LogP contribution >= 0.6 is 0 Å². The van der Waals surface area contributed by atoms with E-state index in [1.165, 1.54) is 59.6 Å². The number of hydrogen-bond acceptors (Lipinski definition) is 5. The molecule has 4 heterocycles. The highest BCUT2D eigenvalue weighted by Gasteiger charge is 2.18. The van der Waals surface area contributed by atoms with Crippen LogP contribution in [0.5, 0.6) is 11.5 Å². The lowest BCUT2D eigenvalue weighted by Crippen LogP contribution is -2.29. The van der Waals surface area contributed by atoms with Gasteiger partial charge in [0.05, 0.1) is 23.6 Å². The Morgan fingerprint density at radius 2 is 1.70 bits per heavy atom. The summed E-state index contributed by atoms with van der Waals surface area (Å²) in [6.07, 6.45) is 8.40. The van der Waals surface area contributed by atoms with Gasteiger partial charge in [0.25, 0.3) is 5.56 Å². The Kier molecular flexibility index (Phi) is 6.86. The number of carbonyl (C=O) groups is 1. The molecular weight excluding hydrogens is 514 g/mol. The standard InChI is InChI=1S/C31H26F2N4O3/c32-22-7-9-23(10-8-22)36-16-4-5-25(31(36)39)28(38)18-21-6-11-29(26(33)17-21)40-30-19-24(35-14-2-1-3-15-35)20-37-27(30)12-13-34-37/h4-13,16-17,19-20H,1-3,14-15,18H2. The van der Waals surface area contributed by atoms with E-state index in [-0.39, 0.29) is 17.7 Å². The highest BCUT2D eigenvalue weighted by molar-refractivity contribution is 5.97. The van der Waals surface area contributed by atoms with Crippen molar-refractivity contribution in [1.29, 1.82) is 0 Å². The minimum Gasteiger partial charge on any atom is -0.452 e. The molecule has 3 aromatic heterocycles. The Balaban J connectivity index is 1.22. The van der Waals surface area contributed by atoms with Gasteiger partial charge in [0.15, 0.2) is 23.1 Å². The van der Waals surface area contributed by atoms with Crippen molar-refractivity contribution in [3.63, 3.8) is 0 Å². The van der Waals surface area contributed by atoms with Gasteiger partial charge >= 0.3 is 0 Å². The summed E-state index contributed by atoms with van der Waals surface area (Å²) in [4.78, 5) is 28.3. The number of anilines is 1. The summed E-state index contributed by atoms with van der Waals surface area (Å²) in [6, 6.07) is 16.5. The second kappa shape index (κ2) is 10.8. The first-order valence-corrected chi connectivity index (χ1v) is 13.2. The smallest absolute Gasteiger partial charge is 0.265 e. The number of piperidine rings is 1. The predicted octanol–water partition coefficient (Wildman–Crippen LogP) is 5.97. The van der Waals surface area contributed by atoms with Gasteiger partial charge in [-0.1, -0.05) is 6.07 Å². The first-order chi connectivity index (χ1) is 19.5. The van der Waals surface area contributed by atoms with Crippen molar-refractivity contribution in [2.45, 2.75) is 25.7 Å². The van der Waals surface area contributed by atoms with E-state index < -0.39 is 23.0 Å². The molecule has 1 aliphatic heterocycles. The number of benzene rings is 2. The molecule has 1 saturated heterocycles. The SMILES string of the molecule is O=C(Cc1ccc(Oc2cc(N3CCCCC3)cn3nccc23)c(F)c1)c1cccn(-c2ccc(F)cc2)c1=O. The predicted molar refractivity (Wildman–Crippen MR) is 148 cm³/mol. The summed E-state index contributed by atoms with van der Waals surface area (Å²) >= 11 is 0. The van der Waals surface area contributed by atoms with Gasteiger partial charge in [-0.05, 0) is 79.4 Å². The summed E-state index contributed by atoms with van der Waals surface area (Å²) in [6.45, 7) is 1.89. The minimum atomic E-state index is -0.622. The largest absolute Gasteiger partial charge is 0.452 e. The summed E-state index contributed by atoms with van der Waals surface area (Å²) < 4.78 is 37.5. The Labute approximate surface area is 228 Å². The number of pyridine rings is 2. The summed E-state index contributed by atoms with van der Waals surface area (Å²) in [7, 11) is 0. The number of aromatic nitrogens is 3. The van der Waals surface area contributed by atoms with Gasteiger partial charge < -0.3 is 9.64 Å². The van der Waals surface area contributed by atoms with Crippen LogP contribution in [0.3, 0.4) is 0 Å². The summed E-state index contributed by atoms with van der Waals surface area (Å²) in [5.74, 6) is -1.00. The lowest BCUT2D eigenvalue weighted by atomic mass is 10.0. The van der Waals surface area contributed by atoms with E-state index in [9.17, 15) is 14.0 Å². The third-order valence-electron chi connectivity index (χ3n) is 7.11. The molecule has 9 heteroatoms. The van der Waals surface area contributed by atoms with Gasteiger partial charge in [-0.25, -0.2) is 13.3 Å². The van der Waals surface area contributed by atoms with Crippen molar-refractivity contribution in [2.75, 3.05) is 18.0 Å². The fraction of sp³-hybridized carbons (Fsp3) is 0.194. The van der Waals surface area contributed by atoms with Crippen molar-refractivity contribution < 1.29 is 18.3 Å². The maximum Gasteiger partial charge on any atom is 0.265 e. The molecule has 1 aliphatic rings. The molecule has 0 bridgehead atoms. The number of carbonyl (C=O) groups excluding carboxylic acids is 1. The van der Waals surface area contributed by atoms with Crippen LogP contribution in [0.1, 0.15) is 35.2 Å². The van der Waals surface area contributed by atoms with E-state index in [1.807, 2.05) is 12.3 Å². The molecule has 5 aromatic rings. The topological polar surface area (TPSA) is 68.8 Å². The minimum absolute atomic E-state index is 0.0217. The number of rotatable bonds is 7. The van der Waals surface area contributed by atoms with Gasteiger partial charge in [-0.2, -0.15) is 5.10 Å². The van der Waals surface area contributed by atoms with E-state index in [0.717, 1.165) is 31.6 Å². The van der Waals surface area contributed by atoms with Crippen LogP contribution in [0.4, 0.5) is 14.5 Å². The molecule has 0 radical (unpaired) electrons. The second-order valence-electron chi connectivity index (χ2n) is 9.81. The van der Waals surface area contributed by atoms with Crippen molar-refractivity contribution >= 4 is 17.0 Å². The molecule has 7 nitrogen and oxygen atoms in total. The van der Waals surface area contributed by atoms with Crippen LogP contribution in [-0.2, 0) is 6.42 Å². The maximum absolute atomic E-state index is 15.2. The van der Waals surface area contributed by atoms with Crippen molar-refractivity contribution in [1.82, 2.24) is 14.2 Å². The average molecular weight is 541 g/mol. The fourth-order valence-electron chi connectivity index (χ4n) is 5.04. The van der Waals surface area contributed by atoms with Crippen LogP contribution in [0.2, 0.25) is 0 Å². The van der Waals surface area contributed by atoms with Crippen LogP contribution in [0.15, 0.2) is 90.1 Å². The number of Topliss-reactive ketones (excluding diaryl/α,β-unsaturated/α-hetero) is 1. The highest BCUT2D eigenvalue weighted by atomic mass is 19.1. The first kappa shape index (κ1) is 25.5.